The van der Waals surface area contributed by atoms with E-state index in [0.717, 1.165) is 5.69 Å². The highest BCUT2D eigenvalue weighted by Gasteiger charge is 2.21. The van der Waals surface area contributed by atoms with Crippen LogP contribution in [0.25, 0.3) is 77.2 Å². The molecule has 9 rings (SSSR count). The lowest BCUT2D eigenvalue weighted by Crippen LogP contribution is -1.96. The summed E-state index contributed by atoms with van der Waals surface area (Å²) in [5.74, 6) is 0. The van der Waals surface area contributed by atoms with E-state index >= 15 is 0 Å². The van der Waals surface area contributed by atoms with E-state index in [1.165, 1.54) is 71.6 Å². The van der Waals surface area contributed by atoms with Gasteiger partial charge in [-0.3, -0.25) is 0 Å². The summed E-state index contributed by atoms with van der Waals surface area (Å²) >= 11 is 0. The van der Waals surface area contributed by atoms with Crippen molar-refractivity contribution in [3.63, 3.8) is 0 Å². The lowest BCUT2D eigenvalue weighted by atomic mass is 9.92. The van der Waals surface area contributed by atoms with Gasteiger partial charge < -0.3 is 9.13 Å². The summed E-state index contributed by atoms with van der Waals surface area (Å²) in [7, 11) is 0. The molecule has 7 aromatic carbocycles. The van der Waals surface area contributed by atoms with E-state index in [2.05, 4.69) is 179 Å². The second-order valence-corrected chi connectivity index (χ2v) is 11.3. The number of fused-ring (bicyclic) bond motifs is 6. The van der Waals surface area contributed by atoms with Crippen LogP contribution >= 0.6 is 0 Å². The molecule has 2 heterocycles. The first-order valence-corrected chi connectivity index (χ1v) is 15.1. The maximum Gasteiger partial charge on any atom is 0.0562 e. The Labute approximate surface area is 255 Å². The third kappa shape index (κ3) is 3.61. The Balaban J connectivity index is 1.40. The predicted molar refractivity (Wildman–Crippen MR) is 186 cm³/mol. The average Bonchev–Trinajstić information content (AvgIpc) is 3.62. The monoisotopic (exact) mass is 560 g/mol. The third-order valence-corrected chi connectivity index (χ3v) is 8.93. The van der Waals surface area contributed by atoms with E-state index in [1.54, 1.807) is 0 Å². The summed E-state index contributed by atoms with van der Waals surface area (Å²) in [4.78, 5) is 0. The van der Waals surface area contributed by atoms with Crippen LogP contribution in [0.15, 0.2) is 170 Å². The number of hydrogen-bond donors (Lipinski definition) is 0. The van der Waals surface area contributed by atoms with Crippen molar-refractivity contribution in [2.75, 3.05) is 0 Å². The van der Waals surface area contributed by atoms with Gasteiger partial charge in [-0.1, -0.05) is 127 Å². The molecule has 9 aromatic rings. The summed E-state index contributed by atoms with van der Waals surface area (Å²) < 4.78 is 4.87. The Morgan fingerprint density at radius 1 is 0.295 bits per heavy atom. The van der Waals surface area contributed by atoms with Gasteiger partial charge in [0.1, 0.15) is 0 Å². The van der Waals surface area contributed by atoms with Crippen molar-refractivity contribution in [3.05, 3.63) is 170 Å². The van der Waals surface area contributed by atoms with Crippen LogP contribution in [-0.2, 0) is 0 Å². The van der Waals surface area contributed by atoms with Gasteiger partial charge >= 0.3 is 0 Å². The molecule has 206 valence electrons. The highest BCUT2D eigenvalue weighted by Crippen LogP contribution is 2.44. The van der Waals surface area contributed by atoms with Gasteiger partial charge in [0, 0.05) is 27.2 Å². The minimum Gasteiger partial charge on any atom is -0.309 e. The van der Waals surface area contributed by atoms with Crippen LogP contribution in [0.2, 0.25) is 0 Å². The van der Waals surface area contributed by atoms with Crippen molar-refractivity contribution in [2.24, 2.45) is 0 Å². The van der Waals surface area contributed by atoms with Crippen LogP contribution in [0.3, 0.4) is 0 Å². The number of aromatic nitrogens is 2. The molecule has 0 saturated heterocycles. The highest BCUT2D eigenvalue weighted by atomic mass is 15.0. The fourth-order valence-electron chi connectivity index (χ4n) is 7.13. The zero-order valence-corrected chi connectivity index (χ0v) is 24.1. The van der Waals surface area contributed by atoms with Gasteiger partial charge in [-0.2, -0.15) is 0 Å². The quantitative estimate of drug-likeness (QED) is 0.203. The molecule has 0 aliphatic rings. The molecule has 0 aliphatic heterocycles. The van der Waals surface area contributed by atoms with Gasteiger partial charge in [0.15, 0.2) is 0 Å². The summed E-state index contributed by atoms with van der Waals surface area (Å²) in [6.45, 7) is 0. The Morgan fingerprint density at radius 2 is 0.795 bits per heavy atom. The molecule has 0 unspecified atom stereocenters. The van der Waals surface area contributed by atoms with Crippen LogP contribution < -0.4 is 0 Å². The molecule has 2 nitrogen and oxygen atoms in total. The maximum atomic E-state index is 2.48. The zero-order valence-electron chi connectivity index (χ0n) is 24.1. The first-order valence-electron chi connectivity index (χ1n) is 15.1. The Kier molecular flexibility index (Phi) is 5.54. The highest BCUT2D eigenvalue weighted by molar-refractivity contribution is 6.19. The zero-order chi connectivity index (χ0) is 29.0. The van der Waals surface area contributed by atoms with Crippen molar-refractivity contribution in [3.8, 4) is 33.6 Å². The fourth-order valence-corrected chi connectivity index (χ4v) is 7.13. The lowest BCUT2D eigenvalue weighted by Gasteiger charge is -2.13. The first kappa shape index (κ1) is 24.7. The number of para-hydroxylation sites is 3. The summed E-state index contributed by atoms with van der Waals surface area (Å²) in [5.41, 5.74) is 12.1. The fraction of sp³-hybridized carbons (Fsp3) is 0. The normalized spacial score (nSPS) is 11.6. The molecule has 0 N–H and O–H groups in total. The molecule has 0 bridgehead atoms. The van der Waals surface area contributed by atoms with Crippen LogP contribution in [0, 0.1) is 0 Å². The molecular formula is C42H28N2. The van der Waals surface area contributed by atoms with E-state index in [1.807, 2.05) is 0 Å². The SMILES string of the molecule is c1ccc(-c2ccccc2-c2cccc3c2c2ccccc2n3-c2cccc3c2c2ccccc2n3-c2ccccc2)cc1. The van der Waals surface area contributed by atoms with E-state index in [4.69, 9.17) is 0 Å². The Morgan fingerprint density at radius 3 is 1.55 bits per heavy atom. The van der Waals surface area contributed by atoms with E-state index in [0.29, 0.717) is 0 Å². The molecule has 0 amide bonds. The van der Waals surface area contributed by atoms with E-state index in [9.17, 15) is 0 Å². The van der Waals surface area contributed by atoms with Gasteiger partial charge in [0.2, 0.25) is 0 Å². The van der Waals surface area contributed by atoms with Crippen LogP contribution in [-0.4, -0.2) is 9.13 Å². The minimum atomic E-state index is 1.16. The Hall–Kier alpha value is -5.86. The summed E-state index contributed by atoms with van der Waals surface area (Å²) in [6, 6.07) is 61.3. The van der Waals surface area contributed by atoms with Gasteiger partial charge in [0.05, 0.1) is 27.8 Å². The molecule has 44 heavy (non-hydrogen) atoms. The van der Waals surface area contributed by atoms with E-state index in [-0.39, 0.29) is 0 Å². The summed E-state index contributed by atoms with van der Waals surface area (Å²) in [6.07, 6.45) is 0. The van der Waals surface area contributed by atoms with E-state index < -0.39 is 0 Å². The standard InChI is InChI=1S/C42H28N2/c1-3-15-29(16-4-1)31-19-7-8-20-32(31)33-23-13-26-38-41(33)34-21-9-12-25-37(34)44(38)40-28-14-27-39-42(40)35-22-10-11-24-36(35)43(39)30-17-5-2-6-18-30/h1-28H. The molecule has 0 radical (unpaired) electrons. The number of benzene rings is 7. The number of rotatable bonds is 4. The average molecular weight is 561 g/mol. The topological polar surface area (TPSA) is 9.86 Å². The third-order valence-electron chi connectivity index (χ3n) is 8.93. The molecule has 2 aromatic heterocycles. The van der Waals surface area contributed by atoms with Crippen LogP contribution in [0.1, 0.15) is 0 Å². The van der Waals surface area contributed by atoms with Gasteiger partial charge in [-0.15, -0.1) is 0 Å². The molecule has 0 aliphatic carbocycles. The molecular weight excluding hydrogens is 532 g/mol. The van der Waals surface area contributed by atoms with Crippen molar-refractivity contribution >= 4 is 43.6 Å². The second kappa shape index (κ2) is 9.86. The molecule has 0 spiro atoms. The van der Waals surface area contributed by atoms with Gasteiger partial charge in [0.25, 0.3) is 0 Å². The smallest absolute Gasteiger partial charge is 0.0562 e. The van der Waals surface area contributed by atoms with Crippen molar-refractivity contribution in [2.45, 2.75) is 0 Å². The van der Waals surface area contributed by atoms with Crippen molar-refractivity contribution < 1.29 is 0 Å². The second-order valence-electron chi connectivity index (χ2n) is 11.3. The number of nitrogens with zero attached hydrogens (tertiary/aromatic N) is 2. The minimum absolute atomic E-state index is 1.16. The predicted octanol–water partition coefficient (Wildman–Crippen LogP) is 11.2. The van der Waals surface area contributed by atoms with Crippen LogP contribution in [0.5, 0.6) is 0 Å². The van der Waals surface area contributed by atoms with Crippen molar-refractivity contribution in [1.82, 2.24) is 9.13 Å². The first-order chi connectivity index (χ1) is 21.9. The van der Waals surface area contributed by atoms with Crippen LogP contribution in [0.4, 0.5) is 0 Å². The molecule has 0 fully saturated rings. The molecule has 0 atom stereocenters. The number of hydrogen-bond acceptors (Lipinski definition) is 0. The largest absolute Gasteiger partial charge is 0.309 e. The molecule has 0 saturated carbocycles. The lowest BCUT2D eigenvalue weighted by molar-refractivity contribution is 1.17. The van der Waals surface area contributed by atoms with Gasteiger partial charge in [-0.25, -0.2) is 0 Å². The molecule has 2 heteroatoms. The Bertz CT molecular complexity index is 2480. The summed E-state index contributed by atoms with van der Waals surface area (Å²) in [5, 5.41) is 5.03. The van der Waals surface area contributed by atoms with Crippen molar-refractivity contribution in [1.29, 1.82) is 0 Å². The maximum absolute atomic E-state index is 2.48. The van der Waals surface area contributed by atoms with Gasteiger partial charge in [-0.05, 0) is 64.7 Å².